The molecule has 0 aromatic carbocycles. The van der Waals surface area contributed by atoms with E-state index in [2.05, 4.69) is 6.58 Å². The first kappa shape index (κ1) is 8.71. The van der Waals surface area contributed by atoms with Gasteiger partial charge in [0.15, 0.2) is 5.79 Å². The molecule has 1 aliphatic rings. The van der Waals surface area contributed by atoms with Gasteiger partial charge in [0.25, 0.3) is 0 Å². The van der Waals surface area contributed by atoms with Crippen molar-refractivity contribution in [1.29, 1.82) is 0 Å². The molecule has 0 aromatic rings. The van der Waals surface area contributed by atoms with Crippen LogP contribution in [0.1, 0.15) is 13.8 Å². The van der Waals surface area contributed by atoms with Gasteiger partial charge in [-0.2, -0.15) is 0 Å². The lowest BCUT2D eigenvalue weighted by Gasteiger charge is -2.15. The maximum Gasteiger partial charge on any atom is 0.164 e. The van der Waals surface area contributed by atoms with Gasteiger partial charge in [-0.15, -0.1) is 6.58 Å². The van der Waals surface area contributed by atoms with E-state index in [1.807, 2.05) is 13.8 Å². The molecule has 0 unspecified atom stereocenters. The van der Waals surface area contributed by atoms with Crippen LogP contribution in [0.2, 0.25) is 0 Å². The van der Waals surface area contributed by atoms with Gasteiger partial charge in [0.2, 0.25) is 0 Å². The molecular formula is C8H14O3. The zero-order valence-corrected chi connectivity index (χ0v) is 6.91. The number of aliphatic hydroxyl groups is 1. The maximum absolute atomic E-state index is 8.85. The SMILES string of the molecule is C=C[C@@H]1OC(C)(C)O[C@@H]1CO. The normalized spacial score (nSPS) is 35.5. The van der Waals surface area contributed by atoms with Gasteiger partial charge in [-0.25, -0.2) is 0 Å². The van der Waals surface area contributed by atoms with Crippen LogP contribution in [0.3, 0.4) is 0 Å². The van der Waals surface area contributed by atoms with E-state index in [1.54, 1.807) is 6.08 Å². The van der Waals surface area contributed by atoms with Crippen LogP contribution in [0.5, 0.6) is 0 Å². The second-order valence-corrected chi connectivity index (χ2v) is 3.06. The summed E-state index contributed by atoms with van der Waals surface area (Å²) in [5, 5.41) is 8.85. The van der Waals surface area contributed by atoms with Gasteiger partial charge in [-0.3, -0.25) is 0 Å². The first-order chi connectivity index (χ1) is 5.09. The molecule has 1 rings (SSSR count). The molecule has 1 saturated heterocycles. The van der Waals surface area contributed by atoms with Crippen molar-refractivity contribution < 1.29 is 14.6 Å². The van der Waals surface area contributed by atoms with Crippen molar-refractivity contribution in [2.75, 3.05) is 6.61 Å². The third-order valence-electron chi connectivity index (χ3n) is 1.63. The Labute approximate surface area is 66.6 Å². The first-order valence-corrected chi connectivity index (χ1v) is 3.68. The Balaban J connectivity index is 2.62. The van der Waals surface area contributed by atoms with E-state index in [9.17, 15) is 0 Å². The summed E-state index contributed by atoms with van der Waals surface area (Å²) >= 11 is 0. The van der Waals surface area contributed by atoms with Gasteiger partial charge < -0.3 is 14.6 Å². The number of hydrogen-bond acceptors (Lipinski definition) is 3. The van der Waals surface area contributed by atoms with Gasteiger partial charge in [0.1, 0.15) is 12.2 Å². The van der Waals surface area contributed by atoms with Gasteiger partial charge in [0, 0.05) is 0 Å². The summed E-state index contributed by atoms with van der Waals surface area (Å²) in [5.74, 6) is -0.591. The van der Waals surface area contributed by atoms with Crippen molar-refractivity contribution in [3.8, 4) is 0 Å². The van der Waals surface area contributed by atoms with E-state index < -0.39 is 5.79 Å². The molecule has 0 aromatic heterocycles. The molecule has 1 heterocycles. The Kier molecular flexibility index (Phi) is 2.32. The van der Waals surface area contributed by atoms with E-state index in [0.717, 1.165) is 0 Å². The second kappa shape index (κ2) is 2.93. The van der Waals surface area contributed by atoms with Crippen LogP contribution in [0, 0.1) is 0 Å². The summed E-state index contributed by atoms with van der Waals surface area (Å²) in [7, 11) is 0. The van der Waals surface area contributed by atoms with Gasteiger partial charge in [-0.05, 0) is 13.8 Å². The summed E-state index contributed by atoms with van der Waals surface area (Å²) in [6, 6.07) is 0. The van der Waals surface area contributed by atoms with Gasteiger partial charge >= 0.3 is 0 Å². The smallest absolute Gasteiger partial charge is 0.164 e. The summed E-state index contributed by atoms with van der Waals surface area (Å²) in [6.45, 7) is 7.20. The summed E-state index contributed by atoms with van der Waals surface area (Å²) in [6.07, 6.45) is 1.20. The summed E-state index contributed by atoms with van der Waals surface area (Å²) in [4.78, 5) is 0. The van der Waals surface area contributed by atoms with Crippen LogP contribution in [0.4, 0.5) is 0 Å². The summed E-state index contributed by atoms with van der Waals surface area (Å²) in [5.41, 5.74) is 0. The van der Waals surface area contributed by atoms with Crippen LogP contribution >= 0.6 is 0 Å². The Bertz CT molecular complexity index is 153. The molecule has 0 amide bonds. The molecule has 0 aliphatic carbocycles. The second-order valence-electron chi connectivity index (χ2n) is 3.06. The third kappa shape index (κ3) is 1.80. The van der Waals surface area contributed by atoms with Crippen molar-refractivity contribution in [1.82, 2.24) is 0 Å². The topological polar surface area (TPSA) is 38.7 Å². The Morgan fingerprint density at radius 2 is 2.18 bits per heavy atom. The lowest BCUT2D eigenvalue weighted by molar-refractivity contribution is -0.146. The number of aliphatic hydroxyl groups excluding tert-OH is 1. The molecule has 64 valence electrons. The molecule has 1 fully saturated rings. The molecule has 0 radical (unpaired) electrons. The molecule has 11 heavy (non-hydrogen) atoms. The van der Waals surface area contributed by atoms with E-state index in [0.29, 0.717) is 0 Å². The van der Waals surface area contributed by atoms with Crippen molar-refractivity contribution in [3.05, 3.63) is 12.7 Å². The lowest BCUT2D eigenvalue weighted by Crippen LogP contribution is -2.24. The van der Waals surface area contributed by atoms with Crippen molar-refractivity contribution in [2.45, 2.75) is 31.8 Å². The average molecular weight is 158 g/mol. The van der Waals surface area contributed by atoms with E-state index >= 15 is 0 Å². The van der Waals surface area contributed by atoms with Crippen LogP contribution in [-0.4, -0.2) is 29.7 Å². The Morgan fingerprint density at radius 1 is 1.55 bits per heavy atom. The molecule has 3 nitrogen and oxygen atoms in total. The van der Waals surface area contributed by atoms with Crippen molar-refractivity contribution >= 4 is 0 Å². The fourth-order valence-electron chi connectivity index (χ4n) is 1.20. The number of rotatable bonds is 2. The Hall–Kier alpha value is -0.380. The van der Waals surface area contributed by atoms with Crippen molar-refractivity contribution in [3.63, 3.8) is 0 Å². The molecule has 1 aliphatic heterocycles. The van der Waals surface area contributed by atoms with E-state index in [-0.39, 0.29) is 18.8 Å². The lowest BCUT2D eigenvalue weighted by atomic mass is 10.2. The molecule has 0 saturated carbocycles. The Morgan fingerprint density at radius 3 is 2.55 bits per heavy atom. The van der Waals surface area contributed by atoms with E-state index in [1.165, 1.54) is 0 Å². The van der Waals surface area contributed by atoms with Gasteiger partial charge in [0.05, 0.1) is 6.61 Å². The molecular weight excluding hydrogens is 144 g/mol. The third-order valence-corrected chi connectivity index (χ3v) is 1.63. The quantitative estimate of drug-likeness (QED) is 0.601. The highest BCUT2D eigenvalue weighted by atomic mass is 16.8. The highest BCUT2D eigenvalue weighted by Crippen LogP contribution is 2.27. The summed E-state index contributed by atoms with van der Waals surface area (Å²) < 4.78 is 10.8. The zero-order chi connectivity index (χ0) is 8.48. The standard InChI is InChI=1S/C8H14O3/c1-4-6-7(5-9)11-8(2,3)10-6/h4,6-7,9H,1,5H2,2-3H3/t6-,7+/m0/s1. The fraction of sp³-hybridized carbons (Fsp3) is 0.750. The zero-order valence-electron chi connectivity index (χ0n) is 6.91. The minimum Gasteiger partial charge on any atom is -0.394 e. The largest absolute Gasteiger partial charge is 0.394 e. The molecule has 2 atom stereocenters. The minimum absolute atomic E-state index is 0.0277. The van der Waals surface area contributed by atoms with E-state index in [4.69, 9.17) is 14.6 Å². The molecule has 3 heteroatoms. The molecule has 0 bridgehead atoms. The maximum atomic E-state index is 8.85. The molecule has 0 spiro atoms. The number of hydrogen-bond donors (Lipinski definition) is 1. The van der Waals surface area contributed by atoms with Crippen LogP contribution in [0.15, 0.2) is 12.7 Å². The van der Waals surface area contributed by atoms with Crippen LogP contribution in [-0.2, 0) is 9.47 Å². The van der Waals surface area contributed by atoms with Gasteiger partial charge in [-0.1, -0.05) is 6.08 Å². The first-order valence-electron chi connectivity index (χ1n) is 3.68. The predicted octanol–water partition coefficient (Wildman–Crippen LogP) is 0.685. The highest BCUT2D eigenvalue weighted by Gasteiger charge is 2.38. The monoisotopic (exact) mass is 158 g/mol. The van der Waals surface area contributed by atoms with Crippen LogP contribution < -0.4 is 0 Å². The minimum atomic E-state index is -0.591. The number of ether oxygens (including phenoxy) is 2. The molecule has 1 N–H and O–H groups in total. The predicted molar refractivity (Wildman–Crippen MR) is 41.1 cm³/mol. The average Bonchev–Trinajstić information content (AvgIpc) is 2.25. The van der Waals surface area contributed by atoms with Crippen molar-refractivity contribution in [2.24, 2.45) is 0 Å². The highest BCUT2D eigenvalue weighted by molar-refractivity contribution is 4.92. The van der Waals surface area contributed by atoms with Crippen LogP contribution in [0.25, 0.3) is 0 Å². The fourth-order valence-corrected chi connectivity index (χ4v) is 1.20.